The SMILES string of the molecule is O=C(c1ccccc1N1C(=O)c2ccccc2C1=O)N1CCCCCC1. The van der Waals surface area contributed by atoms with E-state index in [4.69, 9.17) is 0 Å². The van der Waals surface area contributed by atoms with E-state index in [1.807, 2.05) is 4.90 Å². The molecule has 0 spiro atoms. The summed E-state index contributed by atoms with van der Waals surface area (Å²) in [6.07, 6.45) is 4.23. The lowest BCUT2D eigenvalue weighted by Gasteiger charge is -2.24. The summed E-state index contributed by atoms with van der Waals surface area (Å²) in [7, 11) is 0. The minimum Gasteiger partial charge on any atom is -0.339 e. The first-order valence-corrected chi connectivity index (χ1v) is 9.04. The van der Waals surface area contributed by atoms with Crippen LogP contribution in [0.2, 0.25) is 0 Å². The van der Waals surface area contributed by atoms with Gasteiger partial charge in [0.25, 0.3) is 17.7 Å². The molecule has 2 aromatic carbocycles. The molecule has 0 saturated carbocycles. The summed E-state index contributed by atoms with van der Waals surface area (Å²) < 4.78 is 0. The van der Waals surface area contributed by atoms with Gasteiger partial charge in [-0.05, 0) is 37.1 Å². The third-order valence-corrected chi connectivity index (χ3v) is 5.06. The first-order valence-electron chi connectivity index (χ1n) is 9.04. The van der Waals surface area contributed by atoms with Crippen LogP contribution in [0.1, 0.15) is 56.8 Å². The molecule has 1 fully saturated rings. The van der Waals surface area contributed by atoms with E-state index in [0.717, 1.165) is 43.7 Å². The molecule has 2 aliphatic heterocycles. The van der Waals surface area contributed by atoms with Crippen LogP contribution in [0.15, 0.2) is 48.5 Å². The molecule has 2 aliphatic rings. The van der Waals surface area contributed by atoms with E-state index in [0.29, 0.717) is 22.4 Å². The molecule has 1 saturated heterocycles. The quantitative estimate of drug-likeness (QED) is 0.781. The molecule has 0 aromatic heterocycles. The summed E-state index contributed by atoms with van der Waals surface area (Å²) >= 11 is 0. The second-order valence-corrected chi connectivity index (χ2v) is 6.71. The van der Waals surface area contributed by atoms with Crippen LogP contribution in [0.4, 0.5) is 5.69 Å². The van der Waals surface area contributed by atoms with Gasteiger partial charge in [0, 0.05) is 13.1 Å². The van der Waals surface area contributed by atoms with Crippen molar-refractivity contribution < 1.29 is 14.4 Å². The zero-order chi connectivity index (χ0) is 18.1. The van der Waals surface area contributed by atoms with E-state index in [-0.39, 0.29) is 17.7 Å². The maximum absolute atomic E-state index is 13.1. The van der Waals surface area contributed by atoms with Crippen LogP contribution in [-0.4, -0.2) is 35.7 Å². The largest absolute Gasteiger partial charge is 0.339 e. The van der Waals surface area contributed by atoms with Crippen LogP contribution in [0, 0.1) is 0 Å². The highest BCUT2D eigenvalue weighted by atomic mass is 16.2. The maximum atomic E-state index is 13.1. The van der Waals surface area contributed by atoms with Crippen LogP contribution < -0.4 is 4.90 Å². The molecular weight excluding hydrogens is 328 g/mol. The Bertz CT molecular complexity index is 847. The smallest absolute Gasteiger partial charge is 0.266 e. The number of carbonyl (C=O) groups excluding carboxylic acids is 3. The lowest BCUT2D eigenvalue weighted by Crippen LogP contribution is -2.35. The van der Waals surface area contributed by atoms with E-state index >= 15 is 0 Å². The first-order chi connectivity index (χ1) is 12.7. The third kappa shape index (κ3) is 2.69. The Morgan fingerprint density at radius 2 is 1.27 bits per heavy atom. The van der Waals surface area contributed by atoms with Crippen molar-refractivity contribution in [1.82, 2.24) is 4.90 Å². The lowest BCUT2D eigenvalue weighted by molar-refractivity contribution is 0.0762. The van der Waals surface area contributed by atoms with Gasteiger partial charge >= 0.3 is 0 Å². The van der Waals surface area contributed by atoms with Crippen molar-refractivity contribution in [2.24, 2.45) is 0 Å². The number of likely N-dealkylation sites (tertiary alicyclic amines) is 1. The van der Waals surface area contributed by atoms with Crippen LogP contribution in [-0.2, 0) is 0 Å². The fourth-order valence-corrected chi connectivity index (χ4v) is 3.70. The van der Waals surface area contributed by atoms with Gasteiger partial charge in [0.05, 0.1) is 22.4 Å². The molecule has 0 radical (unpaired) electrons. The number of hydrogen-bond acceptors (Lipinski definition) is 3. The number of nitrogens with zero attached hydrogens (tertiary/aromatic N) is 2. The number of imide groups is 1. The number of para-hydroxylation sites is 1. The molecule has 4 rings (SSSR count). The highest BCUT2D eigenvalue weighted by Crippen LogP contribution is 2.31. The van der Waals surface area contributed by atoms with Crippen LogP contribution in [0.5, 0.6) is 0 Å². The molecular formula is C21H20N2O3. The van der Waals surface area contributed by atoms with Gasteiger partial charge in [-0.15, -0.1) is 0 Å². The predicted octanol–water partition coefficient (Wildman–Crippen LogP) is 3.50. The minimum atomic E-state index is -0.373. The van der Waals surface area contributed by atoms with Gasteiger partial charge < -0.3 is 4.90 Å². The van der Waals surface area contributed by atoms with Crippen molar-refractivity contribution in [1.29, 1.82) is 0 Å². The second kappa shape index (κ2) is 6.75. The molecule has 5 heteroatoms. The van der Waals surface area contributed by atoms with Gasteiger partial charge in [-0.2, -0.15) is 0 Å². The van der Waals surface area contributed by atoms with Crippen molar-refractivity contribution in [2.45, 2.75) is 25.7 Å². The molecule has 132 valence electrons. The number of hydrogen-bond donors (Lipinski definition) is 0. The van der Waals surface area contributed by atoms with Crippen molar-refractivity contribution >= 4 is 23.4 Å². The van der Waals surface area contributed by atoms with Crippen molar-refractivity contribution in [3.05, 3.63) is 65.2 Å². The topological polar surface area (TPSA) is 57.7 Å². The predicted molar refractivity (Wildman–Crippen MR) is 98.4 cm³/mol. The van der Waals surface area contributed by atoms with Crippen molar-refractivity contribution in [2.75, 3.05) is 18.0 Å². The van der Waals surface area contributed by atoms with Crippen LogP contribution in [0.25, 0.3) is 0 Å². The maximum Gasteiger partial charge on any atom is 0.266 e. The second-order valence-electron chi connectivity index (χ2n) is 6.71. The van der Waals surface area contributed by atoms with E-state index < -0.39 is 0 Å². The number of anilines is 1. The van der Waals surface area contributed by atoms with Crippen LogP contribution >= 0.6 is 0 Å². The zero-order valence-electron chi connectivity index (χ0n) is 14.5. The average molecular weight is 348 g/mol. The Morgan fingerprint density at radius 3 is 1.88 bits per heavy atom. The standard InChI is InChI=1S/C21H20N2O3/c24-19(22-13-7-1-2-8-14-22)17-11-5-6-12-18(17)23-20(25)15-9-3-4-10-16(15)21(23)26/h3-6,9-12H,1-2,7-8,13-14H2. The first kappa shape index (κ1) is 16.5. The molecule has 0 aliphatic carbocycles. The highest BCUT2D eigenvalue weighted by Gasteiger charge is 2.38. The molecule has 0 unspecified atom stereocenters. The lowest BCUT2D eigenvalue weighted by atomic mass is 10.1. The normalized spacial score (nSPS) is 17.2. The van der Waals surface area contributed by atoms with Gasteiger partial charge in [-0.1, -0.05) is 37.1 Å². The fourth-order valence-electron chi connectivity index (χ4n) is 3.70. The summed E-state index contributed by atoms with van der Waals surface area (Å²) in [5.41, 5.74) is 1.54. The Hall–Kier alpha value is -2.95. The molecule has 0 bridgehead atoms. The van der Waals surface area contributed by atoms with E-state index in [9.17, 15) is 14.4 Å². The molecule has 2 aromatic rings. The van der Waals surface area contributed by atoms with E-state index in [1.54, 1.807) is 48.5 Å². The molecule has 0 N–H and O–H groups in total. The number of carbonyl (C=O) groups is 3. The van der Waals surface area contributed by atoms with E-state index in [1.165, 1.54) is 0 Å². The summed E-state index contributed by atoms with van der Waals surface area (Å²) in [4.78, 5) is 41.7. The van der Waals surface area contributed by atoms with Crippen LogP contribution in [0.3, 0.4) is 0 Å². The fraction of sp³-hybridized carbons (Fsp3) is 0.286. The third-order valence-electron chi connectivity index (χ3n) is 5.06. The average Bonchev–Trinajstić information content (AvgIpc) is 2.87. The van der Waals surface area contributed by atoms with Gasteiger partial charge in [0.2, 0.25) is 0 Å². The van der Waals surface area contributed by atoms with Gasteiger partial charge in [-0.25, -0.2) is 4.90 Å². The van der Waals surface area contributed by atoms with E-state index in [2.05, 4.69) is 0 Å². The monoisotopic (exact) mass is 348 g/mol. The van der Waals surface area contributed by atoms with Crippen molar-refractivity contribution in [3.8, 4) is 0 Å². The minimum absolute atomic E-state index is 0.112. The zero-order valence-corrected chi connectivity index (χ0v) is 14.5. The number of rotatable bonds is 2. The molecule has 2 heterocycles. The number of amides is 3. The Kier molecular flexibility index (Phi) is 4.29. The summed E-state index contributed by atoms with van der Waals surface area (Å²) in [5, 5.41) is 0. The Labute approximate surface area is 152 Å². The summed E-state index contributed by atoms with van der Waals surface area (Å²) in [5.74, 6) is -0.859. The summed E-state index contributed by atoms with van der Waals surface area (Å²) in [6.45, 7) is 1.44. The number of benzene rings is 2. The van der Waals surface area contributed by atoms with Crippen molar-refractivity contribution in [3.63, 3.8) is 0 Å². The summed E-state index contributed by atoms with van der Waals surface area (Å²) in [6, 6.07) is 13.7. The molecule has 26 heavy (non-hydrogen) atoms. The highest BCUT2D eigenvalue weighted by molar-refractivity contribution is 6.35. The Morgan fingerprint density at radius 1 is 0.731 bits per heavy atom. The number of fused-ring (bicyclic) bond motifs is 1. The molecule has 5 nitrogen and oxygen atoms in total. The van der Waals surface area contributed by atoms with Gasteiger partial charge in [0.15, 0.2) is 0 Å². The molecule has 3 amide bonds. The molecule has 0 atom stereocenters. The Balaban J connectivity index is 1.72. The van der Waals surface area contributed by atoms with Gasteiger partial charge in [0.1, 0.15) is 0 Å². The van der Waals surface area contributed by atoms with Gasteiger partial charge in [-0.3, -0.25) is 14.4 Å².